The van der Waals surface area contributed by atoms with Gasteiger partial charge in [-0.2, -0.15) is 11.3 Å². The van der Waals surface area contributed by atoms with Crippen LogP contribution in [0.1, 0.15) is 0 Å². The molecule has 0 saturated carbocycles. The van der Waals surface area contributed by atoms with Crippen LogP contribution in [0.4, 0.5) is 0 Å². The van der Waals surface area contributed by atoms with Crippen LogP contribution < -0.4 is 5.43 Å². The highest BCUT2D eigenvalue weighted by Crippen LogP contribution is 2.22. The second kappa shape index (κ2) is 5.21. The van der Waals surface area contributed by atoms with Gasteiger partial charge in [0.25, 0.3) is 0 Å². The third kappa shape index (κ3) is 2.35. The Morgan fingerprint density at radius 1 is 0.632 bits per heavy atom. The number of rotatable bonds is 2. The van der Waals surface area contributed by atoms with Gasteiger partial charge in [0.05, 0.1) is 0 Å². The molecule has 3 rings (SSSR count). The first kappa shape index (κ1) is 11.9. The molecule has 0 aliphatic rings. The van der Waals surface area contributed by atoms with Crippen LogP contribution in [-0.2, 0) is 0 Å². The van der Waals surface area contributed by atoms with E-state index in [1.165, 1.54) is 0 Å². The molecule has 0 radical (unpaired) electrons. The van der Waals surface area contributed by atoms with E-state index in [2.05, 4.69) is 0 Å². The van der Waals surface area contributed by atoms with Crippen molar-refractivity contribution in [1.29, 1.82) is 0 Å². The van der Waals surface area contributed by atoms with Crippen LogP contribution in [-0.4, -0.2) is 0 Å². The van der Waals surface area contributed by atoms with Crippen molar-refractivity contribution in [2.45, 2.75) is 0 Å². The van der Waals surface area contributed by atoms with E-state index in [0.29, 0.717) is 0 Å². The first-order valence-corrected chi connectivity index (χ1v) is 7.02. The van der Waals surface area contributed by atoms with Crippen molar-refractivity contribution >= 4 is 11.3 Å². The molecule has 92 valence electrons. The van der Waals surface area contributed by atoms with Gasteiger partial charge in [-0.1, -0.05) is 60.7 Å². The van der Waals surface area contributed by atoms with Gasteiger partial charge < -0.3 is 0 Å². The first-order valence-electron chi connectivity index (χ1n) is 6.07. The largest absolute Gasteiger partial charge is 0.289 e. The van der Waals surface area contributed by atoms with Crippen LogP contribution >= 0.6 is 11.3 Å². The Bertz CT molecular complexity index is 669. The van der Waals surface area contributed by atoms with Crippen molar-refractivity contribution in [1.82, 2.24) is 0 Å². The zero-order chi connectivity index (χ0) is 13.1. The van der Waals surface area contributed by atoms with Crippen molar-refractivity contribution in [3.8, 4) is 22.3 Å². The van der Waals surface area contributed by atoms with Gasteiger partial charge in [-0.05, 0) is 11.1 Å². The lowest BCUT2D eigenvalue weighted by Crippen LogP contribution is -2.06. The monoisotopic (exact) mass is 264 g/mol. The average Bonchev–Trinajstić information content (AvgIpc) is 2.49. The minimum Gasteiger partial charge on any atom is -0.289 e. The van der Waals surface area contributed by atoms with Crippen LogP contribution in [0.2, 0.25) is 0 Å². The molecule has 0 amide bonds. The number of hydrogen-bond donors (Lipinski definition) is 0. The van der Waals surface area contributed by atoms with E-state index < -0.39 is 0 Å². The summed E-state index contributed by atoms with van der Waals surface area (Å²) in [5.74, 6) is 0. The van der Waals surface area contributed by atoms with E-state index in [9.17, 15) is 4.79 Å². The van der Waals surface area contributed by atoms with Gasteiger partial charge in [-0.15, -0.1) is 0 Å². The maximum absolute atomic E-state index is 12.6. The lowest BCUT2D eigenvalue weighted by Gasteiger charge is -2.04. The van der Waals surface area contributed by atoms with Crippen molar-refractivity contribution in [2.24, 2.45) is 0 Å². The maximum Gasteiger partial charge on any atom is 0.195 e. The van der Waals surface area contributed by atoms with Gasteiger partial charge in [0.2, 0.25) is 0 Å². The van der Waals surface area contributed by atoms with E-state index in [1.54, 1.807) is 11.3 Å². The zero-order valence-corrected chi connectivity index (χ0v) is 11.1. The van der Waals surface area contributed by atoms with Crippen molar-refractivity contribution in [2.75, 3.05) is 0 Å². The Hall–Kier alpha value is -2.19. The van der Waals surface area contributed by atoms with E-state index in [1.807, 2.05) is 71.4 Å². The van der Waals surface area contributed by atoms with Crippen LogP contribution in [0.15, 0.2) is 76.2 Å². The molecule has 1 aromatic heterocycles. The molecule has 0 N–H and O–H groups in total. The SMILES string of the molecule is O=c1c(-c2ccccc2)cscc1-c1ccccc1. The fraction of sp³-hybridized carbons (Fsp3) is 0. The minimum absolute atomic E-state index is 0.0937. The molecule has 3 aromatic rings. The Balaban J connectivity index is 2.18. The molecular weight excluding hydrogens is 252 g/mol. The highest BCUT2D eigenvalue weighted by Gasteiger charge is 2.08. The van der Waals surface area contributed by atoms with Crippen LogP contribution in [0, 0.1) is 0 Å². The molecule has 0 fully saturated rings. The summed E-state index contributed by atoms with van der Waals surface area (Å²) in [7, 11) is 0. The molecule has 1 nitrogen and oxygen atoms in total. The third-order valence-corrected chi connectivity index (χ3v) is 3.77. The Morgan fingerprint density at radius 2 is 1.05 bits per heavy atom. The maximum atomic E-state index is 12.6. The van der Waals surface area contributed by atoms with Gasteiger partial charge in [0.1, 0.15) is 0 Å². The van der Waals surface area contributed by atoms with Crippen molar-refractivity contribution in [3.63, 3.8) is 0 Å². The summed E-state index contributed by atoms with van der Waals surface area (Å²) in [5.41, 5.74) is 3.58. The summed E-state index contributed by atoms with van der Waals surface area (Å²) in [6.07, 6.45) is 0. The molecule has 0 bridgehead atoms. The highest BCUT2D eigenvalue weighted by atomic mass is 32.1. The van der Waals surface area contributed by atoms with Gasteiger partial charge in [-0.25, -0.2) is 0 Å². The molecule has 0 atom stereocenters. The Labute approximate surface area is 115 Å². The van der Waals surface area contributed by atoms with E-state index in [0.717, 1.165) is 22.3 Å². The molecule has 0 saturated heterocycles. The highest BCUT2D eigenvalue weighted by molar-refractivity contribution is 7.08. The summed E-state index contributed by atoms with van der Waals surface area (Å²) in [6.45, 7) is 0. The molecule has 1 heterocycles. The quantitative estimate of drug-likeness (QED) is 0.668. The zero-order valence-electron chi connectivity index (χ0n) is 10.2. The van der Waals surface area contributed by atoms with E-state index in [4.69, 9.17) is 0 Å². The average molecular weight is 264 g/mol. The summed E-state index contributed by atoms with van der Waals surface area (Å²) >= 11 is 1.56. The van der Waals surface area contributed by atoms with Crippen LogP contribution in [0.25, 0.3) is 22.3 Å². The van der Waals surface area contributed by atoms with Crippen molar-refractivity contribution < 1.29 is 0 Å². The number of benzene rings is 2. The topological polar surface area (TPSA) is 17.1 Å². The van der Waals surface area contributed by atoms with Gasteiger partial charge in [-0.3, -0.25) is 4.79 Å². The predicted molar refractivity (Wildman–Crippen MR) is 81.5 cm³/mol. The fourth-order valence-electron chi connectivity index (χ4n) is 2.06. The van der Waals surface area contributed by atoms with Gasteiger partial charge >= 0.3 is 0 Å². The molecule has 2 aromatic carbocycles. The normalized spacial score (nSPS) is 10.3. The molecule has 0 unspecified atom stereocenters. The van der Waals surface area contributed by atoms with Crippen molar-refractivity contribution in [3.05, 3.63) is 81.6 Å². The summed E-state index contributed by atoms with van der Waals surface area (Å²) in [4.78, 5) is 12.6. The lowest BCUT2D eigenvalue weighted by atomic mass is 10.0. The minimum atomic E-state index is 0.0937. The molecule has 0 spiro atoms. The van der Waals surface area contributed by atoms with E-state index >= 15 is 0 Å². The predicted octanol–water partition coefficient (Wildman–Crippen LogP) is 4.44. The second-order valence-corrected chi connectivity index (χ2v) is 5.00. The molecule has 2 heteroatoms. The smallest absolute Gasteiger partial charge is 0.195 e. The van der Waals surface area contributed by atoms with Gasteiger partial charge in [0, 0.05) is 21.9 Å². The number of hydrogen-bond acceptors (Lipinski definition) is 2. The molecule has 0 aliphatic carbocycles. The summed E-state index contributed by atoms with van der Waals surface area (Å²) in [6, 6.07) is 19.6. The van der Waals surface area contributed by atoms with E-state index in [-0.39, 0.29) is 5.43 Å². The lowest BCUT2D eigenvalue weighted by molar-refractivity contribution is 1.56. The van der Waals surface area contributed by atoms with Crippen LogP contribution in [0.3, 0.4) is 0 Å². The Morgan fingerprint density at radius 3 is 1.47 bits per heavy atom. The first-order chi connectivity index (χ1) is 9.36. The molecule has 0 aliphatic heterocycles. The molecular formula is C17H12OS. The second-order valence-electron chi connectivity index (χ2n) is 4.26. The Kier molecular flexibility index (Phi) is 3.25. The summed E-state index contributed by atoms with van der Waals surface area (Å²) in [5, 5.41) is 3.84. The fourth-order valence-corrected chi connectivity index (χ4v) is 2.88. The third-order valence-electron chi connectivity index (χ3n) is 3.03. The van der Waals surface area contributed by atoms with Crippen LogP contribution in [0.5, 0.6) is 0 Å². The van der Waals surface area contributed by atoms with Gasteiger partial charge in [0.15, 0.2) is 5.43 Å². The summed E-state index contributed by atoms with van der Waals surface area (Å²) < 4.78 is 0. The molecule has 19 heavy (non-hydrogen) atoms. The standard InChI is InChI=1S/C17H12OS/c18-17-15(13-7-3-1-4-8-13)11-19-12-16(17)14-9-5-2-6-10-14/h1-12H.